The summed E-state index contributed by atoms with van der Waals surface area (Å²) in [5, 5.41) is 10.3. The smallest absolute Gasteiger partial charge is 0.303 e. The molecule has 44 heavy (non-hydrogen) atoms. The van der Waals surface area contributed by atoms with Crippen molar-refractivity contribution in [1.29, 1.82) is 0 Å². The summed E-state index contributed by atoms with van der Waals surface area (Å²) >= 11 is 0. The summed E-state index contributed by atoms with van der Waals surface area (Å²) in [6.07, 6.45) is -15.8. The molecule has 22 nitrogen and oxygen atoms in total. The molecule has 0 aromatic rings. The van der Waals surface area contributed by atoms with Crippen molar-refractivity contribution in [3.8, 4) is 0 Å². The second-order valence-corrected chi connectivity index (χ2v) is 9.11. The van der Waals surface area contributed by atoms with Gasteiger partial charge in [0.15, 0.2) is 43.0 Å². The van der Waals surface area contributed by atoms with Crippen LogP contribution in [0.1, 0.15) is 34.6 Å². The lowest BCUT2D eigenvalue weighted by atomic mass is 9.95. The largest absolute Gasteiger partial charge is 0.456 e. The third-order valence-corrected chi connectivity index (χ3v) is 5.82. The minimum absolute atomic E-state index is 0.509. The lowest BCUT2D eigenvalue weighted by Gasteiger charge is -2.48. The van der Waals surface area contributed by atoms with Crippen LogP contribution in [0.5, 0.6) is 0 Å². The van der Waals surface area contributed by atoms with Crippen molar-refractivity contribution in [1.82, 2.24) is 0 Å². The van der Waals surface area contributed by atoms with E-state index in [0.29, 0.717) is 0 Å². The van der Waals surface area contributed by atoms with Gasteiger partial charge in [-0.2, -0.15) is 0 Å². The number of hydrogen-bond acceptors (Lipinski definition) is 16. The third-order valence-electron chi connectivity index (χ3n) is 5.82. The van der Waals surface area contributed by atoms with Gasteiger partial charge in [0.05, 0.1) is 19.2 Å². The Hall–Kier alpha value is -4.84. The topological polar surface area (TPSA) is 305 Å². The van der Waals surface area contributed by atoms with E-state index in [-0.39, 0.29) is 0 Å². The van der Waals surface area contributed by atoms with E-state index in [1.54, 1.807) is 0 Å². The molecule has 2 heterocycles. The predicted molar refractivity (Wildman–Crippen MR) is 137 cm³/mol. The molecule has 0 radical (unpaired) electrons. The van der Waals surface area contributed by atoms with E-state index in [0.717, 1.165) is 34.6 Å². The lowest BCUT2D eigenvalue weighted by molar-refractivity contribution is -0.338. The van der Waals surface area contributed by atoms with Gasteiger partial charge in [0.2, 0.25) is 0 Å². The first-order valence-corrected chi connectivity index (χ1v) is 12.7. The number of esters is 5. The highest BCUT2D eigenvalue weighted by Crippen LogP contribution is 2.35. The van der Waals surface area contributed by atoms with Crippen LogP contribution in [0.3, 0.4) is 0 Å². The van der Waals surface area contributed by atoms with Gasteiger partial charge in [-0.15, -0.1) is 0 Å². The first kappa shape index (κ1) is 35.4. The molecule has 0 saturated carbocycles. The molecular weight excluding hydrogens is 598 g/mol. The van der Waals surface area contributed by atoms with Crippen molar-refractivity contribution in [2.45, 2.75) is 96.0 Å². The van der Waals surface area contributed by atoms with Gasteiger partial charge in [-0.1, -0.05) is 15.3 Å². The zero-order chi connectivity index (χ0) is 33.0. The zero-order valence-corrected chi connectivity index (χ0v) is 24.0. The van der Waals surface area contributed by atoms with Crippen LogP contribution in [-0.2, 0) is 61.9 Å². The molecule has 0 amide bonds. The summed E-state index contributed by atoms with van der Waals surface area (Å²) in [5.41, 5.74) is 26.9. The van der Waals surface area contributed by atoms with Crippen LogP contribution >= 0.6 is 0 Å². The highest BCUT2D eigenvalue weighted by atomic mass is 16.7. The van der Waals surface area contributed by atoms with Crippen LogP contribution < -0.4 is 0 Å². The summed E-state index contributed by atoms with van der Waals surface area (Å²) in [4.78, 5) is 68.3. The van der Waals surface area contributed by atoms with Crippen molar-refractivity contribution < 1.29 is 61.9 Å². The van der Waals surface area contributed by atoms with Crippen molar-refractivity contribution in [2.24, 2.45) is 15.3 Å². The highest BCUT2D eigenvalue weighted by molar-refractivity contribution is 5.69. The summed E-state index contributed by atoms with van der Waals surface area (Å²) in [5.74, 6) is -4.51. The van der Waals surface area contributed by atoms with Gasteiger partial charge in [-0.05, 0) is 16.6 Å². The van der Waals surface area contributed by atoms with E-state index in [1.165, 1.54) is 0 Å². The van der Waals surface area contributed by atoms with Gasteiger partial charge < -0.3 is 37.9 Å². The maximum Gasteiger partial charge on any atom is 0.303 e. The molecule has 0 bridgehead atoms. The highest BCUT2D eigenvalue weighted by Gasteiger charge is 2.56. The number of rotatable bonds is 12. The summed E-state index contributed by atoms with van der Waals surface area (Å²) in [6.45, 7) is 4.05. The molecule has 0 aromatic carbocycles. The number of carbonyl (C=O) groups is 5. The monoisotopic (exact) mass is 627 g/mol. The summed E-state index contributed by atoms with van der Waals surface area (Å²) in [7, 11) is 0. The molecule has 0 unspecified atom stereocenters. The fraction of sp³-hybridized carbons (Fsp3) is 0.773. The molecule has 0 aliphatic carbocycles. The Morgan fingerprint density at radius 2 is 0.977 bits per heavy atom. The van der Waals surface area contributed by atoms with Crippen LogP contribution in [0.25, 0.3) is 31.3 Å². The molecule has 22 heteroatoms. The predicted octanol–water partition coefficient (Wildman–Crippen LogP) is 1.41. The van der Waals surface area contributed by atoms with Crippen molar-refractivity contribution in [2.75, 3.05) is 13.1 Å². The molecule has 2 aliphatic rings. The van der Waals surface area contributed by atoms with E-state index in [4.69, 9.17) is 54.5 Å². The average molecular weight is 628 g/mol. The number of nitrogens with zero attached hydrogens (tertiary/aromatic N) is 9. The fourth-order valence-electron chi connectivity index (χ4n) is 4.49. The Labute approximate surface area is 248 Å². The van der Waals surface area contributed by atoms with Crippen LogP contribution in [0.2, 0.25) is 0 Å². The van der Waals surface area contributed by atoms with Gasteiger partial charge in [-0.3, -0.25) is 24.0 Å². The van der Waals surface area contributed by atoms with Crippen molar-refractivity contribution in [3.63, 3.8) is 0 Å². The molecule has 2 saturated heterocycles. The molecule has 0 aromatic heterocycles. The lowest BCUT2D eigenvalue weighted by Crippen LogP contribution is -2.66. The van der Waals surface area contributed by atoms with Crippen molar-refractivity contribution >= 4 is 29.8 Å². The standard InChI is InChI=1S/C22H29N9O13/c1-8(32)37-15-14(7-27-30-24)43-22(20(41-12(5)36)18(15)39-10(3)34)44-16-13(6-26-29-23)42-21(28-31-25)19(40-11(4)35)17(16)38-9(2)33/h13-22H,6-7H2,1-5H3/t13-,14-,15+,16-,17+,18+,19-,20-,21-,22+/m1/s1. The minimum atomic E-state index is -1.79. The third kappa shape index (κ3) is 9.87. The normalized spacial score (nSPS) is 30.9. The van der Waals surface area contributed by atoms with Gasteiger partial charge in [-0.25, -0.2) is 0 Å². The Morgan fingerprint density at radius 1 is 0.568 bits per heavy atom. The van der Waals surface area contributed by atoms with E-state index in [2.05, 4.69) is 30.1 Å². The van der Waals surface area contributed by atoms with Gasteiger partial charge in [0.25, 0.3) is 0 Å². The molecule has 2 aliphatic heterocycles. The SMILES string of the molecule is CC(=O)O[C@@H]1[C@@H](OC(C)=O)[C@H](N=[N+]=[N-])O[C@H](CN=[N+]=[N-])[C@H]1O[C@@H]1O[C@H](CN=[N+]=[N-])[C@H](OC(C)=O)[C@H](OC(C)=O)[C@H]1OC(C)=O. The molecule has 0 spiro atoms. The number of hydrogen-bond donors (Lipinski definition) is 0. The van der Waals surface area contributed by atoms with E-state index >= 15 is 0 Å². The molecule has 2 rings (SSSR count). The average Bonchev–Trinajstić information content (AvgIpc) is 2.91. The Balaban J connectivity index is 2.72. The maximum absolute atomic E-state index is 12.2. The maximum atomic E-state index is 12.2. The first-order chi connectivity index (χ1) is 20.8. The number of ether oxygens (including phenoxy) is 8. The summed E-state index contributed by atoms with van der Waals surface area (Å²) < 4.78 is 44.4. The van der Waals surface area contributed by atoms with Gasteiger partial charge >= 0.3 is 29.8 Å². The second kappa shape index (κ2) is 16.7. The first-order valence-electron chi connectivity index (χ1n) is 12.7. The van der Waals surface area contributed by atoms with Crippen LogP contribution in [0, 0.1) is 0 Å². The Kier molecular flexibility index (Phi) is 13.4. The second-order valence-electron chi connectivity index (χ2n) is 9.11. The van der Waals surface area contributed by atoms with Crippen LogP contribution in [0.15, 0.2) is 15.3 Å². The molecular formula is C22H29N9O13. The number of azide groups is 3. The zero-order valence-electron chi connectivity index (χ0n) is 24.0. The fourth-order valence-corrected chi connectivity index (χ4v) is 4.49. The molecule has 2 fully saturated rings. The van der Waals surface area contributed by atoms with Gasteiger partial charge in [0, 0.05) is 49.4 Å². The molecule has 10 atom stereocenters. The van der Waals surface area contributed by atoms with Crippen molar-refractivity contribution in [3.05, 3.63) is 31.3 Å². The van der Waals surface area contributed by atoms with E-state index in [1.807, 2.05) is 0 Å². The van der Waals surface area contributed by atoms with Gasteiger partial charge in [0.1, 0.15) is 12.2 Å². The minimum Gasteiger partial charge on any atom is -0.456 e. The quantitative estimate of drug-likeness (QED) is 0.0972. The summed E-state index contributed by atoms with van der Waals surface area (Å²) in [6, 6.07) is 0. The Bertz CT molecular complexity index is 1250. The number of carbonyl (C=O) groups excluding carboxylic acids is 5. The van der Waals surface area contributed by atoms with Crippen LogP contribution in [0.4, 0.5) is 0 Å². The molecule has 0 N–H and O–H groups in total. The molecule has 240 valence electrons. The van der Waals surface area contributed by atoms with E-state index < -0.39 is 104 Å². The van der Waals surface area contributed by atoms with E-state index in [9.17, 15) is 24.0 Å². The Morgan fingerprint density at radius 3 is 1.43 bits per heavy atom. The van der Waals surface area contributed by atoms with Crippen LogP contribution in [-0.4, -0.2) is 104 Å².